The van der Waals surface area contributed by atoms with Crippen LogP contribution < -0.4 is 10.1 Å². The lowest BCUT2D eigenvalue weighted by Gasteiger charge is -2.12. The zero-order chi connectivity index (χ0) is 18.5. The molecule has 3 aromatic rings. The highest BCUT2D eigenvalue weighted by Gasteiger charge is 2.12. The van der Waals surface area contributed by atoms with Gasteiger partial charge in [-0.25, -0.2) is 0 Å². The van der Waals surface area contributed by atoms with Crippen LogP contribution in [0.1, 0.15) is 27.6 Å². The second-order valence-electron chi connectivity index (χ2n) is 5.75. The molecule has 0 aliphatic heterocycles. The summed E-state index contributed by atoms with van der Waals surface area (Å²) in [5.41, 5.74) is 1.27. The molecule has 0 aliphatic carbocycles. The average Bonchev–Trinajstić information content (AvgIpc) is 2.66. The molecule has 3 rings (SSSR count). The van der Waals surface area contributed by atoms with Gasteiger partial charge in [0.15, 0.2) is 18.7 Å². The van der Waals surface area contributed by atoms with E-state index in [1.54, 1.807) is 30.3 Å². The third-order valence-electron chi connectivity index (χ3n) is 3.99. The van der Waals surface area contributed by atoms with E-state index in [4.69, 9.17) is 4.74 Å². The molecule has 0 saturated carbocycles. The van der Waals surface area contributed by atoms with Crippen molar-refractivity contribution in [3.05, 3.63) is 71.8 Å². The van der Waals surface area contributed by atoms with Gasteiger partial charge >= 0.3 is 0 Å². The zero-order valence-electron chi connectivity index (χ0n) is 14.2. The number of benzene rings is 3. The van der Waals surface area contributed by atoms with Gasteiger partial charge in [0, 0.05) is 5.56 Å². The number of carbonyl (C=O) groups is 3. The van der Waals surface area contributed by atoms with Crippen molar-refractivity contribution in [1.82, 2.24) is 0 Å². The molecule has 5 heteroatoms. The maximum atomic E-state index is 12.2. The van der Waals surface area contributed by atoms with Gasteiger partial charge in [0.1, 0.15) is 5.75 Å². The minimum Gasteiger partial charge on any atom is -0.483 e. The molecule has 0 aliphatic rings. The van der Waals surface area contributed by atoms with Crippen LogP contribution in [0.2, 0.25) is 0 Å². The van der Waals surface area contributed by atoms with E-state index in [1.165, 1.54) is 6.92 Å². The van der Waals surface area contributed by atoms with Gasteiger partial charge < -0.3 is 10.1 Å². The molecule has 130 valence electrons. The van der Waals surface area contributed by atoms with Crippen molar-refractivity contribution < 1.29 is 19.1 Å². The van der Waals surface area contributed by atoms with Crippen molar-refractivity contribution in [3.63, 3.8) is 0 Å². The number of amides is 1. The minimum atomic E-state index is -0.413. The summed E-state index contributed by atoms with van der Waals surface area (Å²) in [6.07, 6.45) is 0.723. The quantitative estimate of drug-likeness (QED) is 0.543. The number of anilines is 1. The fourth-order valence-electron chi connectivity index (χ4n) is 2.75. The van der Waals surface area contributed by atoms with Gasteiger partial charge in [-0.2, -0.15) is 0 Å². The number of ether oxygens (including phenoxy) is 1. The van der Waals surface area contributed by atoms with E-state index in [-0.39, 0.29) is 12.4 Å². The molecule has 0 aromatic heterocycles. The number of nitrogens with one attached hydrogen (secondary N) is 1. The number of hydrogen-bond donors (Lipinski definition) is 1. The van der Waals surface area contributed by atoms with Crippen LogP contribution in [0.3, 0.4) is 0 Å². The predicted molar refractivity (Wildman–Crippen MR) is 99.9 cm³/mol. The van der Waals surface area contributed by atoms with Gasteiger partial charge in [-0.15, -0.1) is 0 Å². The molecule has 3 aromatic carbocycles. The summed E-state index contributed by atoms with van der Waals surface area (Å²) in [6, 6.07) is 17.7. The first-order valence-electron chi connectivity index (χ1n) is 8.09. The Morgan fingerprint density at radius 1 is 1.00 bits per heavy atom. The summed E-state index contributed by atoms with van der Waals surface area (Å²) in [4.78, 5) is 35.3. The van der Waals surface area contributed by atoms with Crippen LogP contribution in [0.15, 0.2) is 60.7 Å². The van der Waals surface area contributed by atoms with Gasteiger partial charge in [-0.3, -0.25) is 14.4 Å². The zero-order valence-corrected chi connectivity index (χ0v) is 14.2. The van der Waals surface area contributed by atoms with Crippen molar-refractivity contribution >= 4 is 34.4 Å². The Kier molecular flexibility index (Phi) is 5.08. The number of rotatable bonds is 6. The summed E-state index contributed by atoms with van der Waals surface area (Å²) >= 11 is 0. The monoisotopic (exact) mass is 347 g/mol. The topological polar surface area (TPSA) is 72.5 Å². The van der Waals surface area contributed by atoms with E-state index in [9.17, 15) is 14.4 Å². The first-order chi connectivity index (χ1) is 12.6. The Labute approximate surface area is 150 Å². The maximum absolute atomic E-state index is 12.2. The Hall–Kier alpha value is -3.47. The molecule has 0 fully saturated rings. The molecule has 0 radical (unpaired) electrons. The van der Waals surface area contributed by atoms with E-state index >= 15 is 0 Å². The van der Waals surface area contributed by atoms with Crippen LogP contribution in [0.25, 0.3) is 10.8 Å². The number of ketones is 1. The van der Waals surface area contributed by atoms with Crippen molar-refractivity contribution in [2.75, 3.05) is 11.9 Å². The summed E-state index contributed by atoms with van der Waals surface area (Å²) in [5.74, 6) is -0.211. The number of carbonyl (C=O) groups excluding carboxylic acids is 3. The number of aldehydes is 1. The Morgan fingerprint density at radius 2 is 1.73 bits per heavy atom. The highest BCUT2D eigenvalue weighted by molar-refractivity contribution is 6.04. The van der Waals surface area contributed by atoms with Crippen LogP contribution in [0.5, 0.6) is 5.75 Å². The molecular weight excluding hydrogens is 330 g/mol. The summed E-state index contributed by atoms with van der Waals surface area (Å²) in [6.45, 7) is 1.17. The van der Waals surface area contributed by atoms with Crippen molar-refractivity contribution in [3.8, 4) is 5.75 Å². The lowest BCUT2D eigenvalue weighted by Crippen LogP contribution is -2.21. The van der Waals surface area contributed by atoms with Crippen LogP contribution in [-0.2, 0) is 4.79 Å². The number of para-hydroxylation sites is 1. The first-order valence-corrected chi connectivity index (χ1v) is 8.09. The third kappa shape index (κ3) is 3.62. The van der Waals surface area contributed by atoms with Gasteiger partial charge in [0.25, 0.3) is 5.91 Å². The molecule has 0 saturated heterocycles. The lowest BCUT2D eigenvalue weighted by atomic mass is 10.0. The van der Waals surface area contributed by atoms with E-state index in [2.05, 4.69) is 5.32 Å². The fourth-order valence-corrected chi connectivity index (χ4v) is 2.75. The van der Waals surface area contributed by atoms with Crippen molar-refractivity contribution in [2.45, 2.75) is 6.92 Å². The SMILES string of the molecule is CC(=O)c1ccccc1NC(=O)COc1ccc2ccccc2c1C=O. The van der Waals surface area contributed by atoms with Crippen molar-refractivity contribution in [2.24, 2.45) is 0 Å². The molecule has 1 N–H and O–H groups in total. The highest BCUT2D eigenvalue weighted by atomic mass is 16.5. The third-order valence-corrected chi connectivity index (χ3v) is 3.99. The van der Waals surface area contributed by atoms with Gasteiger partial charge in [-0.1, -0.05) is 42.5 Å². The average molecular weight is 347 g/mol. The largest absolute Gasteiger partial charge is 0.483 e. The predicted octanol–water partition coefficient (Wildman–Crippen LogP) is 3.87. The van der Waals surface area contributed by atoms with E-state index in [0.717, 1.165) is 17.1 Å². The minimum absolute atomic E-state index is 0.139. The maximum Gasteiger partial charge on any atom is 0.262 e. The fraction of sp³-hybridized carbons (Fsp3) is 0.0952. The van der Waals surface area contributed by atoms with Gasteiger partial charge in [0.05, 0.1) is 11.3 Å². The standard InChI is InChI=1S/C21H17NO4/c1-14(24)16-7-4-5-9-19(16)22-21(25)13-26-20-11-10-15-6-2-3-8-17(15)18(20)12-23/h2-12H,13H2,1H3,(H,22,25). The molecule has 26 heavy (non-hydrogen) atoms. The summed E-state index contributed by atoms with van der Waals surface area (Å²) in [7, 11) is 0. The Morgan fingerprint density at radius 3 is 2.50 bits per heavy atom. The normalized spacial score (nSPS) is 10.3. The lowest BCUT2D eigenvalue weighted by molar-refractivity contribution is -0.118. The summed E-state index contributed by atoms with van der Waals surface area (Å²) < 4.78 is 5.54. The van der Waals surface area contributed by atoms with Crippen LogP contribution in [-0.4, -0.2) is 24.6 Å². The van der Waals surface area contributed by atoms with Crippen molar-refractivity contribution in [1.29, 1.82) is 0 Å². The molecule has 5 nitrogen and oxygen atoms in total. The molecule has 0 spiro atoms. The van der Waals surface area contributed by atoms with Crippen LogP contribution >= 0.6 is 0 Å². The molecule has 0 unspecified atom stereocenters. The Balaban J connectivity index is 1.75. The van der Waals surface area contributed by atoms with Gasteiger partial charge in [-0.05, 0) is 35.9 Å². The number of fused-ring (bicyclic) bond motifs is 1. The molecule has 0 bridgehead atoms. The van der Waals surface area contributed by atoms with E-state index in [1.807, 2.05) is 30.3 Å². The van der Waals surface area contributed by atoms with E-state index in [0.29, 0.717) is 22.6 Å². The molecule has 1 amide bonds. The number of hydrogen-bond acceptors (Lipinski definition) is 4. The van der Waals surface area contributed by atoms with Crippen LogP contribution in [0, 0.1) is 0 Å². The molecule has 0 atom stereocenters. The second kappa shape index (κ2) is 7.61. The summed E-state index contributed by atoms with van der Waals surface area (Å²) in [5, 5.41) is 4.35. The molecule has 0 heterocycles. The highest BCUT2D eigenvalue weighted by Crippen LogP contribution is 2.26. The van der Waals surface area contributed by atoms with Gasteiger partial charge in [0.2, 0.25) is 0 Å². The van der Waals surface area contributed by atoms with Crippen LogP contribution in [0.4, 0.5) is 5.69 Å². The second-order valence-corrected chi connectivity index (χ2v) is 5.75. The smallest absolute Gasteiger partial charge is 0.262 e. The number of Topliss-reactive ketones (excluding diaryl/α,β-unsaturated/α-hetero) is 1. The Bertz CT molecular complexity index is 994. The molecular formula is C21H17NO4. The first kappa shape index (κ1) is 17.4. The van der Waals surface area contributed by atoms with E-state index < -0.39 is 5.91 Å².